The first kappa shape index (κ1) is 12.1. The number of aromatic amines is 1. The van der Waals surface area contributed by atoms with E-state index in [9.17, 15) is 19.7 Å². The molecule has 102 valence electrons. The number of fused-ring (bicyclic) bond motifs is 1. The van der Waals surface area contributed by atoms with E-state index in [0.717, 1.165) is 10.6 Å². The van der Waals surface area contributed by atoms with Crippen molar-refractivity contribution < 1.29 is 14.8 Å². The molecule has 2 aliphatic rings. The number of rotatable bonds is 3. The highest BCUT2D eigenvalue weighted by atomic mass is 16.6. The number of nitrogens with zero attached hydrogens (tertiary/aromatic N) is 2. The number of ether oxygens (including phenoxy) is 1. The number of nitro groups is 1. The molecule has 0 amide bonds. The summed E-state index contributed by atoms with van der Waals surface area (Å²) in [7, 11) is 0. The molecule has 0 aromatic carbocycles. The summed E-state index contributed by atoms with van der Waals surface area (Å²) in [4.78, 5) is 35.2. The van der Waals surface area contributed by atoms with E-state index >= 15 is 0 Å². The van der Waals surface area contributed by atoms with Gasteiger partial charge in [-0.2, -0.15) is 0 Å². The summed E-state index contributed by atoms with van der Waals surface area (Å²) >= 11 is 0. The van der Waals surface area contributed by atoms with Crippen molar-refractivity contribution in [3.8, 4) is 0 Å². The van der Waals surface area contributed by atoms with Gasteiger partial charge in [-0.3, -0.25) is 24.5 Å². The predicted octanol–water partition coefficient (Wildman–Crippen LogP) is -1.68. The monoisotopic (exact) mass is 269 g/mol. The minimum Gasteiger partial charge on any atom is -0.394 e. The average Bonchev–Trinajstić information content (AvgIpc) is 2.98. The lowest BCUT2D eigenvalue weighted by Gasteiger charge is -2.19. The molecule has 19 heavy (non-hydrogen) atoms. The number of aliphatic hydroxyl groups is 1. The predicted molar refractivity (Wildman–Crippen MR) is 60.1 cm³/mol. The first-order valence-electron chi connectivity index (χ1n) is 5.76. The maximum atomic E-state index is 11.7. The lowest BCUT2D eigenvalue weighted by Crippen LogP contribution is -2.35. The maximum Gasteiger partial charge on any atom is 0.330 e. The Morgan fingerprint density at radius 2 is 2.21 bits per heavy atom. The van der Waals surface area contributed by atoms with Gasteiger partial charge in [-0.15, -0.1) is 0 Å². The molecule has 1 aromatic rings. The van der Waals surface area contributed by atoms with Crippen LogP contribution in [0.2, 0.25) is 0 Å². The molecule has 5 atom stereocenters. The second-order valence-electron chi connectivity index (χ2n) is 4.70. The molecule has 2 heterocycles. The number of aliphatic hydroxyl groups excluding tert-OH is 1. The van der Waals surface area contributed by atoms with Gasteiger partial charge >= 0.3 is 5.69 Å². The molecule has 0 bridgehead atoms. The van der Waals surface area contributed by atoms with Gasteiger partial charge in [0, 0.05) is 17.2 Å². The Morgan fingerprint density at radius 3 is 2.79 bits per heavy atom. The number of hydrogen-bond donors (Lipinski definition) is 2. The van der Waals surface area contributed by atoms with E-state index < -0.39 is 40.5 Å². The van der Waals surface area contributed by atoms with Gasteiger partial charge in [-0.25, -0.2) is 4.79 Å². The Labute approximate surface area is 105 Å². The Hall–Kier alpha value is -2.00. The van der Waals surface area contributed by atoms with Crippen LogP contribution >= 0.6 is 0 Å². The van der Waals surface area contributed by atoms with Gasteiger partial charge in [-0.05, 0) is 0 Å². The number of nitrogens with one attached hydrogen (secondary N) is 1. The van der Waals surface area contributed by atoms with Gasteiger partial charge in [0.2, 0.25) is 6.04 Å². The minimum absolute atomic E-state index is 0.333. The molecular formula is C10H11N3O6. The van der Waals surface area contributed by atoms with Crippen LogP contribution in [-0.2, 0) is 4.74 Å². The van der Waals surface area contributed by atoms with E-state index in [1.807, 2.05) is 0 Å². The van der Waals surface area contributed by atoms with Crippen molar-refractivity contribution in [3.05, 3.63) is 43.2 Å². The van der Waals surface area contributed by atoms with Crippen LogP contribution in [0.15, 0.2) is 21.9 Å². The van der Waals surface area contributed by atoms with Gasteiger partial charge in [0.05, 0.1) is 24.5 Å². The molecular weight excluding hydrogens is 258 g/mol. The molecule has 0 radical (unpaired) electrons. The van der Waals surface area contributed by atoms with Crippen LogP contribution in [-0.4, -0.2) is 38.3 Å². The van der Waals surface area contributed by atoms with Crippen molar-refractivity contribution in [2.24, 2.45) is 11.8 Å². The quantitative estimate of drug-likeness (QED) is 0.498. The molecule has 1 aliphatic carbocycles. The molecule has 1 aliphatic heterocycles. The summed E-state index contributed by atoms with van der Waals surface area (Å²) in [6.07, 6.45) is -0.219. The topological polar surface area (TPSA) is 127 Å². The van der Waals surface area contributed by atoms with Crippen LogP contribution < -0.4 is 11.2 Å². The third-order valence-electron chi connectivity index (χ3n) is 3.71. The van der Waals surface area contributed by atoms with Crippen molar-refractivity contribution in [3.63, 3.8) is 0 Å². The van der Waals surface area contributed by atoms with Crippen molar-refractivity contribution >= 4 is 0 Å². The summed E-state index contributed by atoms with van der Waals surface area (Å²) in [6, 6.07) is 0.338. The fourth-order valence-corrected chi connectivity index (χ4v) is 2.85. The average molecular weight is 269 g/mol. The maximum absolute atomic E-state index is 11.7. The van der Waals surface area contributed by atoms with Gasteiger partial charge in [0.1, 0.15) is 6.23 Å². The molecule has 1 unspecified atom stereocenters. The van der Waals surface area contributed by atoms with Crippen molar-refractivity contribution in [1.29, 1.82) is 0 Å². The summed E-state index contributed by atoms with van der Waals surface area (Å²) in [6.45, 7) is -0.333. The zero-order valence-electron chi connectivity index (χ0n) is 9.63. The van der Waals surface area contributed by atoms with E-state index in [0.29, 0.717) is 0 Å². The Kier molecular flexibility index (Phi) is 2.54. The normalized spacial score (nSPS) is 35.9. The molecule has 0 spiro atoms. The van der Waals surface area contributed by atoms with Crippen molar-refractivity contribution in [2.45, 2.75) is 18.4 Å². The van der Waals surface area contributed by atoms with E-state index in [-0.39, 0.29) is 12.5 Å². The summed E-state index contributed by atoms with van der Waals surface area (Å²) in [5, 5.41) is 20.0. The van der Waals surface area contributed by atoms with E-state index in [4.69, 9.17) is 9.84 Å². The lowest BCUT2D eigenvalue weighted by molar-refractivity contribution is -0.507. The molecule has 9 heteroatoms. The van der Waals surface area contributed by atoms with Crippen LogP contribution in [0.25, 0.3) is 0 Å². The zero-order chi connectivity index (χ0) is 13.7. The van der Waals surface area contributed by atoms with Crippen LogP contribution in [0, 0.1) is 22.0 Å². The summed E-state index contributed by atoms with van der Waals surface area (Å²) in [5.74, 6) is -0.834. The first-order valence-corrected chi connectivity index (χ1v) is 5.76. The minimum atomic E-state index is -0.818. The zero-order valence-corrected chi connectivity index (χ0v) is 9.63. The summed E-state index contributed by atoms with van der Waals surface area (Å²) < 4.78 is 6.57. The molecule has 2 N–H and O–H groups in total. The van der Waals surface area contributed by atoms with E-state index in [1.165, 1.54) is 6.20 Å². The molecule has 1 saturated carbocycles. The lowest BCUT2D eigenvalue weighted by atomic mass is 10.2. The SMILES string of the molecule is O=c1ccn([C@@H]2O[C@H](CO)[C@H]3C([N+](=O)[O-])[C@H]32)c(=O)[nH]1. The Balaban J connectivity index is 1.96. The first-order chi connectivity index (χ1) is 9.04. The standard InChI is InChI=1S/C10H11N3O6/c14-3-4-6-7(8(6)13(17)18)9(19-4)12-2-1-5(15)11-10(12)16/h1-2,4,6-9,14H,3H2,(H,11,15,16)/t4-,6-,7+,8?,9-/m1/s1. The van der Waals surface area contributed by atoms with Crippen LogP contribution in [0.3, 0.4) is 0 Å². The van der Waals surface area contributed by atoms with Crippen LogP contribution in [0.1, 0.15) is 6.23 Å². The second kappa shape index (κ2) is 4.00. The van der Waals surface area contributed by atoms with Crippen molar-refractivity contribution in [1.82, 2.24) is 9.55 Å². The second-order valence-corrected chi connectivity index (χ2v) is 4.70. The number of H-pyrrole nitrogens is 1. The number of hydrogen-bond acceptors (Lipinski definition) is 6. The Morgan fingerprint density at radius 1 is 1.47 bits per heavy atom. The van der Waals surface area contributed by atoms with Crippen LogP contribution in [0.4, 0.5) is 0 Å². The fraction of sp³-hybridized carbons (Fsp3) is 0.600. The molecule has 1 saturated heterocycles. The molecule has 2 fully saturated rings. The molecule has 3 rings (SSSR count). The highest BCUT2D eigenvalue weighted by Crippen LogP contribution is 2.57. The third-order valence-corrected chi connectivity index (χ3v) is 3.71. The van der Waals surface area contributed by atoms with Gasteiger partial charge in [0.25, 0.3) is 5.56 Å². The highest BCUT2D eigenvalue weighted by molar-refractivity contribution is 5.10. The smallest absolute Gasteiger partial charge is 0.330 e. The van der Waals surface area contributed by atoms with E-state index in [1.54, 1.807) is 0 Å². The molecule has 1 aromatic heterocycles. The fourth-order valence-electron chi connectivity index (χ4n) is 2.85. The van der Waals surface area contributed by atoms with Crippen molar-refractivity contribution in [2.75, 3.05) is 6.61 Å². The number of aromatic nitrogens is 2. The van der Waals surface area contributed by atoms with Gasteiger partial charge < -0.3 is 9.84 Å². The highest BCUT2D eigenvalue weighted by Gasteiger charge is 2.72. The Bertz CT molecular complexity index is 637. The van der Waals surface area contributed by atoms with Gasteiger partial charge in [-0.1, -0.05) is 0 Å². The van der Waals surface area contributed by atoms with Gasteiger partial charge in [0.15, 0.2) is 0 Å². The molecule has 9 nitrogen and oxygen atoms in total. The van der Waals surface area contributed by atoms with Crippen LogP contribution in [0.5, 0.6) is 0 Å². The van der Waals surface area contributed by atoms with E-state index in [2.05, 4.69) is 4.98 Å². The third kappa shape index (κ3) is 1.70. The largest absolute Gasteiger partial charge is 0.394 e. The summed E-state index contributed by atoms with van der Waals surface area (Å²) in [5.41, 5.74) is -1.22.